The Labute approximate surface area is 145 Å². The normalized spacial score (nSPS) is 26.8. The van der Waals surface area contributed by atoms with Crippen LogP contribution in [0.15, 0.2) is 24.5 Å². The van der Waals surface area contributed by atoms with Crippen LogP contribution in [0.25, 0.3) is 10.8 Å². The van der Waals surface area contributed by atoms with Crippen LogP contribution in [0.2, 0.25) is 0 Å². The molecule has 3 atom stereocenters. The Hall–Kier alpha value is -2.57. The lowest BCUT2D eigenvalue weighted by molar-refractivity contribution is 0.0659. The Morgan fingerprint density at radius 2 is 2.12 bits per heavy atom. The summed E-state index contributed by atoms with van der Waals surface area (Å²) in [6.07, 6.45) is 5.35. The maximum atomic E-state index is 12.4. The SMILES string of the molecule is CCOC(=O)N1C2CCC1C1COc3nccc4ccnc(c34)N1C2. The molecule has 0 aromatic carbocycles. The van der Waals surface area contributed by atoms with E-state index in [1.165, 1.54) is 0 Å². The Bertz CT molecular complexity index is 837. The lowest BCUT2D eigenvalue weighted by Gasteiger charge is -2.45. The summed E-state index contributed by atoms with van der Waals surface area (Å²) in [4.78, 5) is 25.8. The smallest absolute Gasteiger partial charge is 0.410 e. The fourth-order valence-electron chi connectivity index (χ4n) is 4.53. The van der Waals surface area contributed by atoms with Gasteiger partial charge in [0.15, 0.2) is 0 Å². The van der Waals surface area contributed by atoms with Gasteiger partial charge in [0.1, 0.15) is 12.4 Å². The number of hydrogen-bond donors (Lipinski definition) is 0. The first kappa shape index (κ1) is 14.7. The molecule has 130 valence electrons. The number of fused-ring (bicyclic) bond motifs is 5. The van der Waals surface area contributed by atoms with E-state index in [1.807, 2.05) is 30.2 Å². The zero-order valence-electron chi connectivity index (χ0n) is 14.1. The molecule has 0 spiro atoms. The Morgan fingerprint density at radius 3 is 2.96 bits per heavy atom. The first-order chi connectivity index (χ1) is 12.3. The van der Waals surface area contributed by atoms with Gasteiger partial charge in [-0.25, -0.2) is 14.8 Å². The fraction of sp³-hybridized carbons (Fsp3) is 0.500. The van der Waals surface area contributed by atoms with E-state index < -0.39 is 0 Å². The van der Waals surface area contributed by atoms with Crippen LogP contribution in [0.1, 0.15) is 19.8 Å². The van der Waals surface area contributed by atoms with Crippen molar-refractivity contribution in [3.05, 3.63) is 24.5 Å². The second kappa shape index (κ2) is 5.47. The Balaban J connectivity index is 1.58. The number of aromatic nitrogens is 2. The first-order valence-electron chi connectivity index (χ1n) is 8.86. The van der Waals surface area contributed by atoms with Crippen LogP contribution in [-0.4, -0.2) is 58.8 Å². The topological polar surface area (TPSA) is 67.8 Å². The summed E-state index contributed by atoms with van der Waals surface area (Å²) < 4.78 is 11.3. The van der Waals surface area contributed by atoms with Crippen molar-refractivity contribution in [1.29, 1.82) is 0 Å². The summed E-state index contributed by atoms with van der Waals surface area (Å²) >= 11 is 0. The van der Waals surface area contributed by atoms with Crippen molar-refractivity contribution < 1.29 is 14.3 Å². The molecule has 25 heavy (non-hydrogen) atoms. The number of carbonyl (C=O) groups excluding carboxylic acids is 1. The summed E-state index contributed by atoms with van der Waals surface area (Å²) in [7, 11) is 0. The van der Waals surface area contributed by atoms with Crippen LogP contribution in [0.3, 0.4) is 0 Å². The molecule has 2 aromatic heterocycles. The number of amides is 1. The van der Waals surface area contributed by atoms with Gasteiger partial charge in [0.25, 0.3) is 0 Å². The second-order valence-electron chi connectivity index (χ2n) is 6.78. The molecule has 7 nitrogen and oxygen atoms in total. The van der Waals surface area contributed by atoms with Crippen molar-refractivity contribution in [2.24, 2.45) is 0 Å². The van der Waals surface area contributed by atoms with Crippen molar-refractivity contribution in [1.82, 2.24) is 14.9 Å². The molecule has 0 radical (unpaired) electrons. The van der Waals surface area contributed by atoms with Crippen molar-refractivity contribution in [2.45, 2.75) is 37.9 Å². The quantitative estimate of drug-likeness (QED) is 0.793. The number of anilines is 1. The fourth-order valence-corrected chi connectivity index (χ4v) is 4.53. The molecule has 3 aliphatic rings. The van der Waals surface area contributed by atoms with Gasteiger partial charge in [-0.15, -0.1) is 0 Å². The molecule has 0 N–H and O–H groups in total. The Kier molecular flexibility index (Phi) is 3.23. The van der Waals surface area contributed by atoms with Gasteiger partial charge in [0, 0.05) is 18.9 Å². The molecule has 3 unspecified atom stereocenters. The van der Waals surface area contributed by atoms with Gasteiger partial charge >= 0.3 is 6.09 Å². The highest BCUT2D eigenvalue weighted by Gasteiger charge is 2.50. The van der Waals surface area contributed by atoms with Crippen LogP contribution in [0, 0.1) is 0 Å². The summed E-state index contributed by atoms with van der Waals surface area (Å²) in [5.41, 5.74) is 0. The summed E-state index contributed by atoms with van der Waals surface area (Å²) in [6.45, 7) is 3.49. The maximum absolute atomic E-state index is 12.4. The van der Waals surface area contributed by atoms with E-state index in [0.29, 0.717) is 19.1 Å². The van der Waals surface area contributed by atoms with Crippen LogP contribution >= 0.6 is 0 Å². The number of nitrogens with zero attached hydrogens (tertiary/aromatic N) is 4. The average molecular weight is 340 g/mol. The summed E-state index contributed by atoms with van der Waals surface area (Å²) in [6, 6.07) is 4.28. The minimum Gasteiger partial charge on any atom is -0.475 e. The molecule has 7 heteroatoms. The lowest BCUT2D eigenvalue weighted by Crippen LogP contribution is -2.63. The number of carbonyl (C=O) groups is 1. The van der Waals surface area contributed by atoms with Crippen molar-refractivity contribution in [3.8, 4) is 5.88 Å². The van der Waals surface area contributed by atoms with Gasteiger partial charge in [0.05, 0.1) is 30.1 Å². The van der Waals surface area contributed by atoms with E-state index in [9.17, 15) is 4.79 Å². The second-order valence-corrected chi connectivity index (χ2v) is 6.78. The molecule has 2 bridgehead atoms. The van der Waals surface area contributed by atoms with Gasteiger partial charge in [-0.1, -0.05) is 0 Å². The molecule has 5 rings (SSSR count). The van der Waals surface area contributed by atoms with Gasteiger partial charge in [0.2, 0.25) is 5.88 Å². The monoisotopic (exact) mass is 340 g/mol. The van der Waals surface area contributed by atoms with E-state index in [1.54, 1.807) is 6.20 Å². The zero-order valence-corrected chi connectivity index (χ0v) is 14.1. The number of pyridine rings is 2. The first-order valence-corrected chi connectivity index (χ1v) is 8.86. The van der Waals surface area contributed by atoms with Crippen molar-refractivity contribution in [3.63, 3.8) is 0 Å². The molecule has 0 saturated carbocycles. The number of piperazine rings is 1. The minimum atomic E-state index is -0.208. The van der Waals surface area contributed by atoms with Gasteiger partial charge in [-0.2, -0.15) is 0 Å². The van der Waals surface area contributed by atoms with E-state index in [4.69, 9.17) is 9.47 Å². The van der Waals surface area contributed by atoms with E-state index in [-0.39, 0.29) is 24.2 Å². The predicted molar refractivity (Wildman–Crippen MR) is 91.8 cm³/mol. The molecule has 0 aliphatic carbocycles. The number of ether oxygens (including phenoxy) is 2. The highest BCUT2D eigenvalue weighted by atomic mass is 16.6. The number of rotatable bonds is 1. The molecule has 2 fully saturated rings. The minimum absolute atomic E-state index is 0.0652. The third-order valence-corrected chi connectivity index (χ3v) is 5.56. The predicted octanol–water partition coefficient (Wildman–Crippen LogP) is 2.20. The van der Waals surface area contributed by atoms with E-state index in [2.05, 4.69) is 14.9 Å². The van der Waals surface area contributed by atoms with Crippen LogP contribution in [0.4, 0.5) is 10.6 Å². The zero-order chi connectivity index (χ0) is 17.0. The van der Waals surface area contributed by atoms with E-state index >= 15 is 0 Å². The van der Waals surface area contributed by atoms with Crippen molar-refractivity contribution in [2.75, 3.05) is 24.7 Å². The van der Waals surface area contributed by atoms with E-state index in [0.717, 1.165) is 36.0 Å². The summed E-state index contributed by atoms with van der Waals surface area (Å²) in [5.74, 6) is 1.55. The van der Waals surface area contributed by atoms with Gasteiger partial charge in [-0.3, -0.25) is 4.90 Å². The number of hydrogen-bond acceptors (Lipinski definition) is 6. The Morgan fingerprint density at radius 1 is 1.28 bits per heavy atom. The van der Waals surface area contributed by atoms with Gasteiger partial charge in [-0.05, 0) is 37.3 Å². The third kappa shape index (κ3) is 2.08. The maximum Gasteiger partial charge on any atom is 0.410 e. The highest BCUT2D eigenvalue weighted by Crippen LogP contribution is 2.42. The highest BCUT2D eigenvalue weighted by molar-refractivity contribution is 5.96. The molecule has 1 amide bonds. The summed E-state index contributed by atoms with van der Waals surface area (Å²) in [5, 5.41) is 2.05. The largest absolute Gasteiger partial charge is 0.475 e. The molecule has 2 aromatic rings. The molecular weight excluding hydrogens is 320 g/mol. The van der Waals surface area contributed by atoms with Crippen LogP contribution in [0.5, 0.6) is 5.88 Å². The third-order valence-electron chi connectivity index (χ3n) is 5.56. The molecule has 3 aliphatic heterocycles. The molecular formula is C18H20N4O3. The standard InChI is InChI=1S/C18H20N4O3/c1-2-24-18(23)22-12-3-4-13(22)14-10-25-17-15-11(6-8-20-17)5-7-19-16(15)21(14)9-12/h5-8,12-14H,2-4,9-10H2,1H3. The lowest BCUT2D eigenvalue weighted by atomic mass is 10.0. The van der Waals surface area contributed by atoms with Crippen LogP contribution < -0.4 is 9.64 Å². The van der Waals surface area contributed by atoms with Crippen molar-refractivity contribution >= 4 is 22.7 Å². The average Bonchev–Trinajstić information content (AvgIpc) is 2.86. The molecule has 2 saturated heterocycles. The molecule has 5 heterocycles. The van der Waals surface area contributed by atoms with Gasteiger partial charge < -0.3 is 14.4 Å². The van der Waals surface area contributed by atoms with Crippen LogP contribution in [-0.2, 0) is 4.74 Å².